The van der Waals surface area contributed by atoms with Crippen molar-refractivity contribution < 1.29 is 23.1 Å². The standard InChI is InChI=1S/C34H35ClF2N8O3/c1-48-34-20(16-39-18-22-7-10-28(47)43-22)5-8-25(45-34)23-12-14-40-32(29(23)35)24-3-2-4-26(31(24)37)44-33-30(36)19(11-13-41-33)15-38-17-21-6-9-27(46)42-21/h2-5,8,11-14,21-22,38-39H,6-7,9-10,15-18H2,1H3,(H,41,44)(H,42,46)(H,43,47)/t21-,22-/m1/s1. The Labute approximate surface area is 281 Å². The maximum Gasteiger partial charge on any atom is 0.220 e. The number of amides is 2. The number of halogens is 3. The Morgan fingerprint density at radius 2 is 1.54 bits per heavy atom. The number of anilines is 2. The second-order valence-corrected chi connectivity index (χ2v) is 12.1. The van der Waals surface area contributed by atoms with Crippen LogP contribution < -0.4 is 31.3 Å². The van der Waals surface area contributed by atoms with Gasteiger partial charge in [0.1, 0.15) is 0 Å². The van der Waals surface area contributed by atoms with Crippen molar-refractivity contribution >= 4 is 34.9 Å². The van der Waals surface area contributed by atoms with Gasteiger partial charge in [-0.25, -0.2) is 18.7 Å². The molecular formula is C34H35ClF2N8O3. The Balaban J connectivity index is 1.17. The first-order chi connectivity index (χ1) is 23.3. The van der Waals surface area contributed by atoms with Gasteiger partial charge in [0.05, 0.1) is 29.2 Å². The van der Waals surface area contributed by atoms with Crippen molar-refractivity contribution in [3.63, 3.8) is 0 Å². The molecule has 0 radical (unpaired) electrons. The van der Waals surface area contributed by atoms with Crippen LogP contribution >= 0.6 is 11.6 Å². The summed E-state index contributed by atoms with van der Waals surface area (Å²) in [6.45, 7) is 1.83. The number of hydrogen-bond donors (Lipinski definition) is 5. The minimum Gasteiger partial charge on any atom is -0.481 e. The van der Waals surface area contributed by atoms with Gasteiger partial charge in [0.25, 0.3) is 0 Å². The molecule has 0 saturated carbocycles. The zero-order chi connectivity index (χ0) is 33.6. The molecule has 5 heterocycles. The van der Waals surface area contributed by atoms with Gasteiger partial charge >= 0.3 is 0 Å². The van der Waals surface area contributed by atoms with Crippen LogP contribution in [0.25, 0.3) is 22.5 Å². The van der Waals surface area contributed by atoms with Crippen molar-refractivity contribution in [1.82, 2.24) is 36.2 Å². The Hall–Kier alpha value is -4.72. The van der Waals surface area contributed by atoms with Crippen molar-refractivity contribution in [2.45, 2.75) is 50.9 Å². The van der Waals surface area contributed by atoms with E-state index in [0.717, 1.165) is 18.4 Å². The molecule has 4 aromatic rings. The fourth-order valence-corrected chi connectivity index (χ4v) is 6.14. The number of benzene rings is 1. The quantitative estimate of drug-likeness (QED) is 0.137. The number of rotatable bonds is 13. The summed E-state index contributed by atoms with van der Waals surface area (Å²) in [5.74, 6) is -0.954. The van der Waals surface area contributed by atoms with Gasteiger partial charge in [0, 0.05) is 85.8 Å². The molecule has 2 amide bonds. The number of carbonyl (C=O) groups is 2. The molecule has 2 atom stereocenters. The molecule has 48 heavy (non-hydrogen) atoms. The van der Waals surface area contributed by atoms with E-state index in [4.69, 9.17) is 16.3 Å². The van der Waals surface area contributed by atoms with Crippen LogP contribution in [0.5, 0.6) is 5.88 Å². The lowest BCUT2D eigenvalue weighted by atomic mass is 10.0. The average Bonchev–Trinajstić information content (AvgIpc) is 3.70. The van der Waals surface area contributed by atoms with Crippen LogP contribution in [0.4, 0.5) is 20.3 Å². The molecule has 2 aliphatic heterocycles. The Bertz CT molecular complexity index is 1830. The molecule has 2 aliphatic rings. The smallest absolute Gasteiger partial charge is 0.220 e. The number of carbonyl (C=O) groups excluding carboxylic acids is 2. The lowest BCUT2D eigenvalue weighted by molar-refractivity contribution is -0.120. The third-order valence-corrected chi connectivity index (χ3v) is 8.74. The summed E-state index contributed by atoms with van der Waals surface area (Å²) in [6.07, 6.45) is 5.52. The van der Waals surface area contributed by atoms with E-state index in [1.54, 1.807) is 30.3 Å². The van der Waals surface area contributed by atoms with Gasteiger partial charge in [0.15, 0.2) is 17.5 Å². The molecule has 1 aromatic carbocycles. The maximum absolute atomic E-state index is 16.0. The van der Waals surface area contributed by atoms with Crippen LogP contribution in [-0.2, 0) is 22.7 Å². The first kappa shape index (κ1) is 33.2. The second-order valence-electron chi connectivity index (χ2n) is 11.7. The summed E-state index contributed by atoms with van der Waals surface area (Å²) >= 11 is 6.84. The molecule has 0 aliphatic carbocycles. The number of methoxy groups -OCH3 is 1. The molecule has 250 valence electrons. The monoisotopic (exact) mass is 676 g/mol. The summed E-state index contributed by atoms with van der Waals surface area (Å²) in [5, 5.41) is 15.3. The van der Waals surface area contributed by atoms with E-state index in [1.807, 2.05) is 6.07 Å². The number of nitrogens with one attached hydrogen (secondary N) is 5. The predicted molar refractivity (Wildman–Crippen MR) is 178 cm³/mol. The summed E-state index contributed by atoms with van der Waals surface area (Å²) in [5.41, 5.74) is 2.49. The molecule has 0 bridgehead atoms. The molecule has 14 heteroatoms. The van der Waals surface area contributed by atoms with Crippen molar-refractivity contribution in [3.05, 3.63) is 82.6 Å². The van der Waals surface area contributed by atoms with E-state index >= 15 is 8.78 Å². The van der Waals surface area contributed by atoms with E-state index in [9.17, 15) is 9.59 Å². The largest absolute Gasteiger partial charge is 0.481 e. The number of aromatic nitrogens is 3. The van der Waals surface area contributed by atoms with Crippen LogP contribution in [0.3, 0.4) is 0 Å². The number of pyridine rings is 3. The van der Waals surface area contributed by atoms with Gasteiger partial charge < -0.3 is 31.3 Å². The van der Waals surface area contributed by atoms with Crippen LogP contribution in [0.15, 0.2) is 54.9 Å². The molecule has 0 spiro atoms. The lowest BCUT2D eigenvalue weighted by Gasteiger charge is -2.15. The van der Waals surface area contributed by atoms with Crippen LogP contribution in [0.1, 0.15) is 36.8 Å². The van der Waals surface area contributed by atoms with E-state index in [1.165, 1.54) is 25.6 Å². The van der Waals surface area contributed by atoms with E-state index in [-0.39, 0.29) is 58.2 Å². The first-order valence-corrected chi connectivity index (χ1v) is 16.1. The fraction of sp³-hybridized carbons (Fsp3) is 0.324. The minimum absolute atomic E-state index is 0.00485. The van der Waals surface area contributed by atoms with Gasteiger partial charge in [0.2, 0.25) is 17.7 Å². The first-order valence-electron chi connectivity index (χ1n) is 15.7. The summed E-state index contributed by atoms with van der Waals surface area (Å²) in [7, 11) is 1.53. The maximum atomic E-state index is 16.0. The number of nitrogens with zero attached hydrogens (tertiary/aromatic N) is 3. The van der Waals surface area contributed by atoms with Crippen molar-refractivity contribution in [2.75, 3.05) is 25.5 Å². The number of hydrogen-bond acceptors (Lipinski definition) is 9. The normalized spacial score (nSPS) is 17.3. The molecule has 3 aromatic heterocycles. The zero-order valence-electron chi connectivity index (χ0n) is 26.2. The Morgan fingerprint density at radius 3 is 2.21 bits per heavy atom. The molecule has 6 rings (SSSR count). The Morgan fingerprint density at radius 1 is 0.854 bits per heavy atom. The molecule has 5 N–H and O–H groups in total. The van der Waals surface area contributed by atoms with Crippen LogP contribution in [0.2, 0.25) is 5.02 Å². The fourth-order valence-electron chi connectivity index (χ4n) is 5.83. The third kappa shape index (κ3) is 7.53. The average molecular weight is 677 g/mol. The second kappa shape index (κ2) is 15.0. The van der Waals surface area contributed by atoms with Crippen LogP contribution in [0, 0.1) is 11.6 Å². The van der Waals surface area contributed by atoms with Gasteiger partial charge in [-0.3, -0.25) is 14.6 Å². The Kier molecular flexibility index (Phi) is 10.4. The van der Waals surface area contributed by atoms with Gasteiger partial charge in [-0.2, -0.15) is 0 Å². The highest BCUT2D eigenvalue weighted by molar-refractivity contribution is 6.35. The third-order valence-electron chi connectivity index (χ3n) is 8.36. The molecular weight excluding hydrogens is 642 g/mol. The highest BCUT2D eigenvalue weighted by Gasteiger charge is 2.23. The van der Waals surface area contributed by atoms with Gasteiger partial charge in [-0.05, 0) is 43.2 Å². The van der Waals surface area contributed by atoms with E-state index in [2.05, 4.69) is 41.5 Å². The molecule has 11 nitrogen and oxygen atoms in total. The van der Waals surface area contributed by atoms with Gasteiger partial charge in [-0.15, -0.1) is 0 Å². The lowest BCUT2D eigenvalue weighted by Crippen LogP contribution is -2.35. The summed E-state index contributed by atoms with van der Waals surface area (Å²) < 4.78 is 37.0. The molecule has 0 unspecified atom stereocenters. The minimum atomic E-state index is -0.684. The molecule has 2 saturated heterocycles. The number of ether oxygens (including phenoxy) is 1. The van der Waals surface area contributed by atoms with Crippen molar-refractivity contribution in [3.8, 4) is 28.4 Å². The topological polar surface area (TPSA) is 142 Å². The van der Waals surface area contributed by atoms with Gasteiger partial charge in [-0.1, -0.05) is 23.7 Å². The predicted octanol–water partition coefficient (Wildman–Crippen LogP) is 4.63. The zero-order valence-corrected chi connectivity index (χ0v) is 27.0. The van der Waals surface area contributed by atoms with E-state index in [0.29, 0.717) is 55.2 Å². The highest BCUT2D eigenvalue weighted by atomic mass is 35.5. The SMILES string of the molecule is COc1nc(-c2ccnc(-c3cccc(Nc4nccc(CNC[C@H]5CCC(=O)N5)c4F)c3F)c2Cl)ccc1CNC[C@H]1CCC(=O)N1. The van der Waals surface area contributed by atoms with Crippen molar-refractivity contribution in [2.24, 2.45) is 0 Å². The summed E-state index contributed by atoms with van der Waals surface area (Å²) in [6, 6.07) is 11.7. The van der Waals surface area contributed by atoms with E-state index < -0.39 is 11.6 Å². The van der Waals surface area contributed by atoms with Crippen LogP contribution in [-0.4, -0.2) is 59.0 Å². The van der Waals surface area contributed by atoms with Crippen molar-refractivity contribution in [1.29, 1.82) is 0 Å². The molecule has 2 fully saturated rings. The highest BCUT2D eigenvalue weighted by Crippen LogP contribution is 2.38. The summed E-state index contributed by atoms with van der Waals surface area (Å²) in [4.78, 5) is 36.0.